The van der Waals surface area contributed by atoms with Crippen LogP contribution in [-0.2, 0) is 14.6 Å². The van der Waals surface area contributed by atoms with Gasteiger partial charge in [0.1, 0.15) is 0 Å². The Morgan fingerprint density at radius 1 is 1.17 bits per heavy atom. The van der Waals surface area contributed by atoms with Gasteiger partial charge in [-0.3, -0.25) is 4.79 Å². The summed E-state index contributed by atoms with van der Waals surface area (Å²) in [6, 6.07) is 14.3. The summed E-state index contributed by atoms with van der Waals surface area (Å²) in [6.07, 6.45) is 1.45. The fraction of sp³-hybridized carbons (Fsp3) is 0.409. The fourth-order valence-electron chi connectivity index (χ4n) is 3.50. The third-order valence-electron chi connectivity index (χ3n) is 5.40. The monoisotopic (exact) mass is 434 g/mol. The molecule has 0 heterocycles. The Balaban J connectivity index is 1.57. The molecule has 0 bridgehead atoms. The minimum absolute atomic E-state index is 0.145. The third kappa shape index (κ3) is 4.59. The van der Waals surface area contributed by atoms with Crippen LogP contribution in [0.25, 0.3) is 0 Å². The van der Waals surface area contributed by atoms with Crippen molar-refractivity contribution in [3.63, 3.8) is 0 Å². The second kappa shape index (κ2) is 8.76. The van der Waals surface area contributed by atoms with Crippen molar-refractivity contribution in [1.29, 1.82) is 0 Å². The number of benzene rings is 2. The summed E-state index contributed by atoms with van der Waals surface area (Å²) in [5, 5.41) is 3.31. The van der Waals surface area contributed by atoms with Gasteiger partial charge >= 0.3 is 0 Å². The normalized spacial score (nSPS) is 15.0. The van der Waals surface area contributed by atoms with Crippen molar-refractivity contribution in [2.45, 2.75) is 42.8 Å². The molecule has 0 aromatic heterocycles. The number of halogens is 1. The first-order valence-electron chi connectivity index (χ1n) is 9.90. The van der Waals surface area contributed by atoms with E-state index < -0.39 is 20.5 Å². The summed E-state index contributed by atoms with van der Waals surface area (Å²) in [5.41, 5.74) is 2.36. The summed E-state index contributed by atoms with van der Waals surface area (Å²) in [5.74, 6) is -0.397. The van der Waals surface area contributed by atoms with E-state index in [0.717, 1.165) is 25.2 Å². The molecule has 0 atom stereocenters. The minimum atomic E-state index is -3.73. The number of aryl methyl sites for hydroxylation is 1. The maximum atomic E-state index is 13.0. The molecule has 29 heavy (non-hydrogen) atoms. The number of rotatable bonds is 9. The first kappa shape index (κ1) is 21.7. The molecule has 1 amide bonds. The van der Waals surface area contributed by atoms with Crippen molar-refractivity contribution in [2.24, 2.45) is 0 Å². The highest BCUT2D eigenvalue weighted by Crippen LogP contribution is 2.47. The molecule has 156 valence electrons. The zero-order chi connectivity index (χ0) is 21.1. The summed E-state index contributed by atoms with van der Waals surface area (Å²) < 4.78 is 24.6. The Kier molecular flexibility index (Phi) is 6.54. The van der Waals surface area contributed by atoms with Crippen LogP contribution in [0.5, 0.6) is 0 Å². The van der Waals surface area contributed by atoms with E-state index in [1.807, 2.05) is 6.07 Å². The van der Waals surface area contributed by atoms with Crippen molar-refractivity contribution in [3.05, 3.63) is 59.1 Å². The SMILES string of the molecule is CCN(CCCNC(=O)C1(S(=O)(=O)c2ccc(Cl)cc2)CC1)c1cccc(C)c1. The van der Waals surface area contributed by atoms with Crippen molar-refractivity contribution in [3.8, 4) is 0 Å². The van der Waals surface area contributed by atoms with Gasteiger partial charge in [-0.2, -0.15) is 0 Å². The predicted octanol–water partition coefficient (Wildman–Crippen LogP) is 3.99. The molecular formula is C22H27ClN2O3S. The van der Waals surface area contributed by atoms with E-state index in [-0.39, 0.29) is 4.90 Å². The molecule has 7 heteroatoms. The van der Waals surface area contributed by atoms with Gasteiger partial charge in [0.15, 0.2) is 14.6 Å². The van der Waals surface area contributed by atoms with Crippen molar-refractivity contribution in [2.75, 3.05) is 24.5 Å². The first-order valence-corrected chi connectivity index (χ1v) is 11.8. The largest absolute Gasteiger partial charge is 0.372 e. The summed E-state index contributed by atoms with van der Waals surface area (Å²) in [6.45, 7) is 6.26. The minimum Gasteiger partial charge on any atom is -0.372 e. The lowest BCUT2D eigenvalue weighted by atomic mass is 10.2. The molecule has 2 aromatic rings. The lowest BCUT2D eigenvalue weighted by molar-refractivity contribution is -0.121. The average molecular weight is 435 g/mol. The van der Waals surface area contributed by atoms with Crippen LogP contribution in [0.3, 0.4) is 0 Å². The van der Waals surface area contributed by atoms with Crippen LogP contribution >= 0.6 is 11.6 Å². The quantitative estimate of drug-likeness (QED) is 0.606. The van der Waals surface area contributed by atoms with E-state index in [0.29, 0.717) is 24.4 Å². The molecule has 0 aliphatic heterocycles. The van der Waals surface area contributed by atoms with E-state index >= 15 is 0 Å². The van der Waals surface area contributed by atoms with Crippen molar-refractivity contribution in [1.82, 2.24) is 5.32 Å². The highest BCUT2D eigenvalue weighted by molar-refractivity contribution is 7.94. The molecule has 2 aromatic carbocycles. The highest BCUT2D eigenvalue weighted by Gasteiger charge is 2.61. The Bertz CT molecular complexity index is 970. The van der Waals surface area contributed by atoms with Gasteiger partial charge in [-0.25, -0.2) is 8.42 Å². The Labute approximate surface area is 178 Å². The Morgan fingerprint density at radius 2 is 1.86 bits per heavy atom. The van der Waals surface area contributed by atoms with Gasteiger partial charge in [-0.05, 0) is 75.1 Å². The van der Waals surface area contributed by atoms with Gasteiger partial charge in [0.2, 0.25) is 5.91 Å². The Morgan fingerprint density at radius 3 is 2.45 bits per heavy atom. The van der Waals surface area contributed by atoms with Crippen molar-refractivity contribution >= 4 is 33.0 Å². The second-order valence-electron chi connectivity index (χ2n) is 7.48. The molecular weight excluding hydrogens is 408 g/mol. The second-order valence-corrected chi connectivity index (χ2v) is 10.2. The number of carbonyl (C=O) groups excluding carboxylic acids is 1. The standard InChI is InChI=1S/C22H27ClN2O3S/c1-3-25(19-7-4-6-17(2)16-19)15-5-14-24-21(26)22(12-13-22)29(27,28)20-10-8-18(23)9-11-20/h4,6-11,16H,3,5,12-15H2,1-2H3,(H,24,26). The fourth-order valence-corrected chi connectivity index (χ4v) is 5.53. The number of carbonyl (C=O) groups is 1. The lowest BCUT2D eigenvalue weighted by Crippen LogP contribution is -2.43. The van der Waals surface area contributed by atoms with Crippen LogP contribution in [0.2, 0.25) is 5.02 Å². The van der Waals surface area contributed by atoms with Crippen LogP contribution in [0.15, 0.2) is 53.4 Å². The zero-order valence-electron chi connectivity index (χ0n) is 16.8. The van der Waals surface area contributed by atoms with Gasteiger partial charge < -0.3 is 10.2 Å². The Hall–Kier alpha value is -2.05. The van der Waals surface area contributed by atoms with Crippen LogP contribution in [0.4, 0.5) is 5.69 Å². The van der Waals surface area contributed by atoms with Gasteiger partial charge in [-0.1, -0.05) is 23.7 Å². The average Bonchev–Trinajstić information content (AvgIpc) is 3.51. The zero-order valence-corrected chi connectivity index (χ0v) is 18.4. The molecule has 5 nitrogen and oxygen atoms in total. The maximum absolute atomic E-state index is 13.0. The smallest absolute Gasteiger partial charge is 0.241 e. The molecule has 0 radical (unpaired) electrons. The molecule has 1 N–H and O–H groups in total. The van der Waals surface area contributed by atoms with Gasteiger partial charge in [-0.15, -0.1) is 0 Å². The van der Waals surface area contributed by atoms with Crippen LogP contribution in [0, 0.1) is 6.92 Å². The van der Waals surface area contributed by atoms with Crippen LogP contribution in [0.1, 0.15) is 31.7 Å². The summed E-state index contributed by atoms with van der Waals surface area (Å²) >= 11 is 5.85. The molecule has 1 saturated carbocycles. The first-order chi connectivity index (χ1) is 13.8. The van der Waals surface area contributed by atoms with Gasteiger partial charge in [0.25, 0.3) is 0 Å². The van der Waals surface area contributed by atoms with Crippen LogP contribution < -0.4 is 10.2 Å². The van der Waals surface area contributed by atoms with E-state index in [1.54, 1.807) is 0 Å². The van der Waals surface area contributed by atoms with E-state index in [2.05, 4.69) is 42.3 Å². The molecule has 0 spiro atoms. The number of hydrogen-bond donors (Lipinski definition) is 1. The molecule has 1 fully saturated rings. The highest BCUT2D eigenvalue weighted by atomic mass is 35.5. The topological polar surface area (TPSA) is 66.5 Å². The van der Waals surface area contributed by atoms with E-state index in [4.69, 9.17) is 11.6 Å². The molecule has 1 aliphatic rings. The van der Waals surface area contributed by atoms with Gasteiger partial charge in [0, 0.05) is 30.3 Å². The number of amides is 1. The number of hydrogen-bond acceptors (Lipinski definition) is 4. The third-order valence-corrected chi connectivity index (χ3v) is 8.16. The number of nitrogens with one attached hydrogen (secondary N) is 1. The molecule has 1 aliphatic carbocycles. The maximum Gasteiger partial charge on any atom is 0.241 e. The number of sulfone groups is 1. The number of nitrogens with zero attached hydrogens (tertiary/aromatic N) is 1. The molecule has 3 rings (SSSR count). The van der Waals surface area contributed by atoms with E-state index in [1.165, 1.54) is 29.8 Å². The summed E-state index contributed by atoms with van der Waals surface area (Å²) in [7, 11) is -3.73. The van der Waals surface area contributed by atoms with Crippen molar-refractivity contribution < 1.29 is 13.2 Å². The van der Waals surface area contributed by atoms with Crippen LogP contribution in [-0.4, -0.2) is 38.7 Å². The van der Waals surface area contributed by atoms with E-state index in [9.17, 15) is 13.2 Å². The lowest BCUT2D eigenvalue weighted by Gasteiger charge is -2.24. The predicted molar refractivity (Wildman–Crippen MR) is 117 cm³/mol. The van der Waals surface area contributed by atoms with Gasteiger partial charge in [0.05, 0.1) is 4.90 Å². The molecule has 0 saturated heterocycles. The molecule has 0 unspecified atom stereocenters. The number of anilines is 1. The summed E-state index contributed by atoms with van der Waals surface area (Å²) in [4.78, 5) is 15.1.